The molecular formula is C14H19ClN2O2. The molecular weight excluding hydrogens is 264 g/mol. The van der Waals surface area contributed by atoms with Crippen LogP contribution >= 0.6 is 11.6 Å². The van der Waals surface area contributed by atoms with Gasteiger partial charge in [0.2, 0.25) is 5.88 Å². The summed E-state index contributed by atoms with van der Waals surface area (Å²) in [6.07, 6.45) is 3.59. The smallest absolute Gasteiger partial charge is 0.213 e. The van der Waals surface area contributed by atoms with Crippen molar-refractivity contribution < 1.29 is 9.47 Å². The molecule has 1 aliphatic heterocycles. The van der Waals surface area contributed by atoms with Crippen LogP contribution in [0.5, 0.6) is 5.88 Å². The largest absolute Gasteiger partial charge is 0.477 e. The highest BCUT2D eigenvalue weighted by Gasteiger charge is 2.21. The molecule has 0 bridgehead atoms. The van der Waals surface area contributed by atoms with Crippen LogP contribution in [-0.4, -0.2) is 30.8 Å². The van der Waals surface area contributed by atoms with Gasteiger partial charge in [0, 0.05) is 31.2 Å². The van der Waals surface area contributed by atoms with Gasteiger partial charge in [-0.2, -0.15) is 0 Å². The van der Waals surface area contributed by atoms with E-state index in [9.17, 15) is 0 Å². The lowest BCUT2D eigenvalue weighted by molar-refractivity contribution is 0.165. The Balaban J connectivity index is 1.55. The Morgan fingerprint density at radius 2 is 2.26 bits per heavy atom. The molecule has 0 amide bonds. The van der Waals surface area contributed by atoms with Gasteiger partial charge in [0.1, 0.15) is 0 Å². The minimum absolute atomic E-state index is 0.491. The van der Waals surface area contributed by atoms with Crippen LogP contribution in [0.4, 0.5) is 0 Å². The van der Waals surface area contributed by atoms with E-state index in [1.54, 1.807) is 0 Å². The van der Waals surface area contributed by atoms with E-state index in [1.807, 2.05) is 12.1 Å². The Hall–Kier alpha value is -0.840. The van der Waals surface area contributed by atoms with Crippen molar-refractivity contribution in [1.29, 1.82) is 0 Å². The van der Waals surface area contributed by atoms with Crippen LogP contribution in [-0.2, 0) is 11.3 Å². The first-order valence-corrected chi connectivity index (χ1v) is 7.28. The first-order chi connectivity index (χ1) is 9.31. The van der Waals surface area contributed by atoms with Crippen molar-refractivity contribution in [2.24, 2.45) is 5.92 Å². The highest BCUT2D eigenvalue weighted by atomic mass is 35.5. The minimum Gasteiger partial charge on any atom is -0.477 e. The Morgan fingerprint density at radius 1 is 1.37 bits per heavy atom. The summed E-state index contributed by atoms with van der Waals surface area (Å²) in [4.78, 5) is 4.48. The summed E-state index contributed by atoms with van der Waals surface area (Å²) < 4.78 is 11.1. The number of rotatable bonds is 6. The van der Waals surface area contributed by atoms with Crippen LogP contribution in [0, 0.1) is 5.92 Å². The van der Waals surface area contributed by atoms with E-state index >= 15 is 0 Å². The molecule has 1 saturated heterocycles. The molecule has 1 aromatic heterocycles. The second kappa shape index (κ2) is 6.07. The van der Waals surface area contributed by atoms with Crippen LogP contribution in [0.2, 0.25) is 5.02 Å². The van der Waals surface area contributed by atoms with Crippen LogP contribution < -0.4 is 10.1 Å². The summed E-state index contributed by atoms with van der Waals surface area (Å²) in [5.41, 5.74) is 0.869. The van der Waals surface area contributed by atoms with Gasteiger partial charge in [0.05, 0.1) is 23.9 Å². The van der Waals surface area contributed by atoms with E-state index in [1.165, 1.54) is 12.8 Å². The molecule has 1 saturated carbocycles. The van der Waals surface area contributed by atoms with E-state index < -0.39 is 0 Å². The third-order valence-electron chi connectivity index (χ3n) is 3.52. The average Bonchev–Trinajstić information content (AvgIpc) is 3.10. The van der Waals surface area contributed by atoms with Gasteiger partial charge in [-0.3, -0.25) is 0 Å². The molecule has 0 aromatic carbocycles. The van der Waals surface area contributed by atoms with Gasteiger partial charge < -0.3 is 14.8 Å². The molecule has 1 aromatic rings. The van der Waals surface area contributed by atoms with Gasteiger partial charge in [0.15, 0.2) is 0 Å². The Labute approximate surface area is 118 Å². The Bertz CT molecular complexity index is 431. The van der Waals surface area contributed by atoms with Gasteiger partial charge in [-0.15, -0.1) is 0 Å². The van der Waals surface area contributed by atoms with Crippen LogP contribution in [0.25, 0.3) is 0 Å². The molecule has 1 unspecified atom stereocenters. The van der Waals surface area contributed by atoms with Crippen molar-refractivity contribution in [2.75, 3.05) is 19.8 Å². The minimum atomic E-state index is 0.491. The molecule has 19 heavy (non-hydrogen) atoms. The number of nitrogens with one attached hydrogen (secondary N) is 1. The summed E-state index contributed by atoms with van der Waals surface area (Å²) in [6.45, 7) is 3.03. The summed E-state index contributed by atoms with van der Waals surface area (Å²) in [6, 6.07) is 4.34. The van der Waals surface area contributed by atoms with Crippen molar-refractivity contribution in [3.05, 3.63) is 22.8 Å². The molecule has 2 fully saturated rings. The summed E-state index contributed by atoms with van der Waals surface area (Å²) in [7, 11) is 0. The molecule has 0 radical (unpaired) electrons. The van der Waals surface area contributed by atoms with E-state index in [2.05, 4.69) is 10.3 Å². The number of nitrogens with zero attached hydrogens (tertiary/aromatic N) is 1. The number of halogens is 1. The Morgan fingerprint density at radius 3 is 3.00 bits per heavy atom. The number of hydrogen-bond donors (Lipinski definition) is 1. The predicted octanol–water partition coefficient (Wildman–Crippen LogP) is 2.40. The van der Waals surface area contributed by atoms with Crippen molar-refractivity contribution in [3.8, 4) is 5.88 Å². The zero-order chi connectivity index (χ0) is 13.1. The molecule has 2 heterocycles. The lowest BCUT2D eigenvalue weighted by atomic mass is 10.1. The number of ether oxygens (including phenoxy) is 2. The molecule has 104 valence electrons. The number of hydrogen-bond acceptors (Lipinski definition) is 4. The molecule has 1 N–H and O–H groups in total. The van der Waals surface area contributed by atoms with Crippen LogP contribution in [0.1, 0.15) is 25.0 Å². The van der Waals surface area contributed by atoms with Gasteiger partial charge in [-0.25, -0.2) is 4.98 Å². The fourth-order valence-electron chi connectivity index (χ4n) is 2.12. The van der Waals surface area contributed by atoms with Gasteiger partial charge >= 0.3 is 0 Å². The van der Waals surface area contributed by atoms with Crippen LogP contribution in [0.15, 0.2) is 12.1 Å². The zero-order valence-electron chi connectivity index (χ0n) is 10.9. The first kappa shape index (κ1) is 13.2. The van der Waals surface area contributed by atoms with E-state index in [0.717, 1.165) is 25.3 Å². The number of pyridine rings is 1. The zero-order valence-corrected chi connectivity index (χ0v) is 11.7. The fraction of sp³-hybridized carbons (Fsp3) is 0.643. The highest BCUT2D eigenvalue weighted by molar-refractivity contribution is 6.31. The summed E-state index contributed by atoms with van der Waals surface area (Å²) in [5, 5.41) is 4.11. The second-order valence-corrected chi connectivity index (χ2v) is 5.68. The standard InChI is InChI=1S/C14H19ClN2O2/c15-12-3-4-14(19-9-10-5-6-18-8-10)17-13(12)7-16-11-1-2-11/h3-4,10-11,16H,1-2,5-9H2. The van der Waals surface area contributed by atoms with Crippen molar-refractivity contribution in [3.63, 3.8) is 0 Å². The molecule has 3 rings (SSSR count). The molecule has 5 heteroatoms. The molecule has 2 aliphatic rings. The lowest BCUT2D eigenvalue weighted by Crippen LogP contribution is -2.17. The SMILES string of the molecule is Clc1ccc(OCC2CCOC2)nc1CNC1CC1. The highest BCUT2D eigenvalue weighted by Crippen LogP contribution is 2.23. The topological polar surface area (TPSA) is 43.4 Å². The third-order valence-corrected chi connectivity index (χ3v) is 3.86. The monoisotopic (exact) mass is 282 g/mol. The predicted molar refractivity (Wildman–Crippen MR) is 73.5 cm³/mol. The maximum absolute atomic E-state index is 6.15. The van der Waals surface area contributed by atoms with Gasteiger partial charge in [0.25, 0.3) is 0 Å². The lowest BCUT2D eigenvalue weighted by Gasteiger charge is -2.11. The molecule has 4 nitrogen and oxygen atoms in total. The average molecular weight is 283 g/mol. The van der Waals surface area contributed by atoms with Crippen molar-refractivity contribution in [2.45, 2.75) is 31.8 Å². The number of aromatic nitrogens is 1. The molecule has 1 atom stereocenters. The Kier molecular flexibility index (Phi) is 4.21. The van der Waals surface area contributed by atoms with Gasteiger partial charge in [-0.05, 0) is 25.3 Å². The maximum Gasteiger partial charge on any atom is 0.213 e. The quantitative estimate of drug-likeness (QED) is 0.870. The van der Waals surface area contributed by atoms with E-state index in [-0.39, 0.29) is 0 Å². The first-order valence-electron chi connectivity index (χ1n) is 6.90. The normalized spacial score (nSPS) is 22.7. The van der Waals surface area contributed by atoms with Crippen LogP contribution in [0.3, 0.4) is 0 Å². The maximum atomic E-state index is 6.15. The summed E-state index contributed by atoms with van der Waals surface area (Å²) in [5.74, 6) is 1.15. The van der Waals surface area contributed by atoms with Crippen molar-refractivity contribution >= 4 is 11.6 Å². The van der Waals surface area contributed by atoms with Gasteiger partial charge in [-0.1, -0.05) is 11.6 Å². The second-order valence-electron chi connectivity index (χ2n) is 5.27. The molecule has 1 aliphatic carbocycles. The van der Waals surface area contributed by atoms with Crippen molar-refractivity contribution in [1.82, 2.24) is 10.3 Å². The van der Waals surface area contributed by atoms with E-state index in [0.29, 0.717) is 36.0 Å². The third kappa shape index (κ3) is 3.81. The molecule has 0 spiro atoms. The van der Waals surface area contributed by atoms with E-state index in [4.69, 9.17) is 21.1 Å². The summed E-state index contributed by atoms with van der Waals surface area (Å²) >= 11 is 6.15. The fourth-order valence-corrected chi connectivity index (χ4v) is 2.29.